The second-order valence-electron chi connectivity index (χ2n) is 4.82. The van der Waals surface area contributed by atoms with Crippen LogP contribution in [0.25, 0.3) is 0 Å². The van der Waals surface area contributed by atoms with Gasteiger partial charge in [0.15, 0.2) is 0 Å². The predicted octanol–water partition coefficient (Wildman–Crippen LogP) is -0.260. The first-order chi connectivity index (χ1) is 12.0. The zero-order valence-corrected chi connectivity index (χ0v) is 14.6. The normalized spacial score (nSPS) is 9.80. The number of rotatable bonds is 14. The minimum Gasteiger partial charge on any atom is -0.460 e. The zero-order valence-electron chi connectivity index (χ0n) is 14.6. The van der Waals surface area contributed by atoms with Gasteiger partial charge in [-0.3, -0.25) is 4.79 Å². The minimum absolute atomic E-state index is 0.0835. The van der Waals surface area contributed by atoms with Crippen LogP contribution in [-0.4, -0.2) is 70.6 Å². The third-order valence-corrected chi connectivity index (χ3v) is 2.60. The van der Waals surface area contributed by atoms with Crippen molar-refractivity contribution in [2.24, 2.45) is 0 Å². The summed E-state index contributed by atoms with van der Waals surface area (Å²) in [4.78, 5) is 33.3. The van der Waals surface area contributed by atoms with Crippen LogP contribution in [0.15, 0.2) is 24.8 Å². The largest absolute Gasteiger partial charge is 0.460 e. The van der Waals surface area contributed by atoms with Crippen molar-refractivity contribution in [1.82, 2.24) is 16.0 Å². The number of ether oxygens (including phenoxy) is 3. The highest BCUT2D eigenvalue weighted by Gasteiger charge is 2.03. The molecule has 0 aliphatic rings. The molecule has 0 spiro atoms. The highest BCUT2D eigenvalue weighted by Crippen LogP contribution is 1.90. The van der Waals surface area contributed by atoms with Crippen LogP contribution in [-0.2, 0) is 23.8 Å². The number of esters is 1. The maximum absolute atomic E-state index is 11.4. The number of hydrogen-bond acceptors (Lipinski definition) is 6. The Balaban J connectivity index is 3.32. The van der Waals surface area contributed by atoms with Gasteiger partial charge in [-0.15, -0.1) is 0 Å². The van der Waals surface area contributed by atoms with Crippen LogP contribution >= 0.6 is 0 Å². The van der Waals surface area contributed by atoms with Crippen LogP contribution in [0.2, 0.25) is 0 Å². The Morgan fingerprint density at radius 1 is 0.880 bits per heavy atom. The van der Waals surface area contributed by atoms with Gasteiger partial charge in [0.05, 0.1) is 33.0 Å². The molecule has 0 fully saturated rings. The molecule has 0 heterocycles. The lowest BCUT2D eigenvalue weighted by molar-refractivity contribution is -0.138. The number of urea groups is 1. The third-order valence-electron chi connectivity index (χ3n) is 2.60. The molecule has 0 aromatic rings. The first kappa shape index (κ1) is 22.6. The summed E-state index contributed by atoms with van der Waals surface area (Å²) in [6.45, 7) is 10.9. The average Bonchev–Trinajstić information content (AvgIpc) is 2.59. The Morgan fingerprint density at radius 3 is 1.92 bits per heavy atom. The van der Waals surface area contributed by atoms with E-state index in [1.165, 1.54) is 6.08 Å². The molecule has 3 N–H and O–H groups in total. The quantitative estimate of drug-likeness (QED) is 0.224. The Bertz CT molecular complexity index is 453. The fourth-order valence-electron chi connectivity index (χ4n) is 1.37. The smallest absolute Gasteiger partial charge is 0.333 e. The molecule has 9 nitrogen and oxygen atoms in total. The van der Waals surface area contributed by atoms with Crippen molar-refractivity contribution in [1.29, 1.82) is 0 Å². The van der Waals surface area contributed by atoms with E-state index < -0.39 is 5.97 Å². The van der Waals surface area contributed by atoms with Gasteiger partial charge < -0.3 is 30.2 Å². The SMILES string of the molecule is C=CC(=O)NCCOCCOCCNC(=O)NCCOC(=O)C(=C)C. The summed E-state index contributed by atoms with van der Waals surface area (Å²) in [6.07, 6.45) is 1.20. The van der Waals surface area contributed by atoms with E-state index in [1.54, 1.807) is 6.92 Å². The summed E-state index contributed by atoms with van der Waals surface area (Å²) in [5.41, 5.74) is 0.312. The molecule has 9 heteroatoms. The van der Waals surface area contributed by atoms with Crippen LogP contribution in [0.4, 0.5) is 4.79 Å². The Morgan fingerprint density at radius 2 is 1.40 bits per heavy atom. The molecule has 0 aliphatic carbocycles. The number of nitrogens with one attached hydrogen (secondary N) is 3. The van der Waals surface area contributed by atoms with E-state index in [2.05, 4.69) is 29.1 Å². The van der Waals surface area contributed by atoms with Crippen molar-refractivity contribution in [2.75, 3.05) is 52.7 Å². The molecule has 0 saturated heterocycles. The van der Waals surface area contributed by atoms with Gasteiger partial charge in [0, 0.05) is 18.7 Å². The second-order valence-corrected chi connectivity index (χ2v) is 4.82. The summed E-state index contributed by atoms with van der Waals surface area (Å²) in [7, 11) is 0. The Kier molecular flexibility index (Phi) is 13.7. The molecule has 0 bridgehead atoms. The average molecular weight is 357 g/mol. The van der Waals surface area contributed by atoms with Gasteiger partial charge in [-0.25, -0.2) is 9.59 Å². The summed E-state index contributed by atoms with van der Waals surface area (Å²) in [6, 6.07) is -0.371. The summed E-state index contributed by atoms with van der Waals surface area (Å²) < 4.78 is 15.3. The van der Waals surface area contributed by atoms with E-state index in [4.69, 9.17) is 14.2 Å². The van der Waals surface area contributed by atoms with Gasteiger partial charge in [-0.1, -0.05) is 13.2 Å². The molecule has 0 rings (SSSR count). The van der Waals surface area contributed by atoms with Gasteiger partial charge >= 0.3 is 12.0 Å². The van der Waals surface area contributed by atoms with Crippen LogP contribution < -0.4 is 16.0 Å². The summed E-state index contributed by atoms with van der Waals surface area (Å²) >= 11 is 0. The molecule has 0 saturated carbocycles. The molecule has 0 aromatic heterocycles. The van der Waals surface area contributed by atoms with E-state index in [-0.39, 0.29) is 25.1 Å². The van der Waals surface area contributed by atoms with Gasteiger partial charge in [-0.05, 0) is 13.0 Å². The zero-order chi connectivity index (χ0) is 18.9. The first-order valence-corrected chi connectivity index (χ1v) is 7.87. The predicted molar refractivity (Wildman–Crippen MR) is 92.0 cm³/mol. The van der Waals surface area contributed by atoms with Gasteiger partial charge in [0.25, 0.3) is 0 Å². The molecule has 0 aliphatic heterocycles. The molecule has 0 atom stereocenters. The lowest BCUT2D eigenvalue weighted by Crippen LogP contribution is -2.39. The van der Waals surface area contributed by atoms with Crippen LogP contribution in [0, 0.1) is 0 Å². The van der Waals surface area contributed by atoms with Gasteiger partial charge in [0.1, 0.15) is 6.61 Å². The molecular weight excluding hydrogens is 330 g/mol. The number of carbonyl (C=O) groups excluding carboxylic acids is 3. The molecule has 142 valence electrons. The number of amides is 3. The maximum Gasteiger partial charge on any atom is 0.333 e. The van der Waals surface area contributed by atoms with E-state index in [0.29, 0.717) is 45.1 Å². The Labute approximate surface area is 147 Å². The number of carbonyl (C=O) groups is 3. The molecule has 0 radical (unpaired) electrons. The van der Waals surface area contributed by atoms with Gasteiger partial charge in [-0.2, -0.15) is 0 Å². The van der Waals surface area contributed by atoms with Crippen molar-refractivity contribution < 1.29 is 28.6 Å². The Hall–Kier alpha value is -2.39. The third kappa shape index (κ3) is 14.9. The lowest BCUT2D eigenvalue weighted by Gasteiger charge is -2.09. The fourth-order valence-corrected chi connectivity index (χ4v) is 1.37. The molecule has 0 aromatic carbocycles. The fraction of sp³-hybridized carbons (Fsp3) is 0.562. The van der Waals surface area contributed by atoms with Crippen molar-refractivity contribution in [3.8, 4) is 0 Å². The van der Waals surface area contributed by atoms with Crippen LogP contribution in [0.3, 0.4) is 0 Å². The van der Waals surface area contributed by atoms with E-state index in [1.807, 2.05) is 0 Å². The standard InChI is InChI=1S/C16H27N3O6/c1-4-14(20)17-5-8-23-11-12-24-9-6-18-16(22)19-7-10-25-15(21)13(2)3/h4H,1-2,5-12H2,3H3,(H,17,20)(H2,18,19,22). The highest BCUT2D eigenvalue weighted by molar-refractivity contribution is 5.87. The summed E-state index contributed by atoms with van der Waals surface area (Å²) in [5, 5.41) is 7.71. The first-order valence-electron chi connectivity index (χ1n) is 7.87. The highest BCUT2D eigenvalue weighted by atomic mass is 16.5. The molecule has 25 heavy (non-hydrogen) atoms. The van der Waals surface area contributed by atoms with Crippen molar-refractivity contribution in [2.45, 2.75) is 6.92 Å². The minimum atomic E-state index is -0.485. The van der Waals surface area contributed by atoms with E-state index in [9.17, 15) is 14.4 Å². The van der Waals surface area contributed by atoms with E-state index in [0.717, 1.165) is 0 Å². The molecule has 3 amide bonds. The van der Waals surface area contributed by atoms with Crippen molar-refractivity contribution in [3.63, 3.8) is 0 Å². The van der Waals surface area contributed by atoms with Gasteiger partial charge in [0.2, 0.25) is 5.91 Å². The topological polar surface area (TPSA) is 115 Å². The summed E-state index contributed by atoms with van der Waals surface area (Å²) in [5.74, 6) is -0.723. The monoisotopic (exact) mass is 357 g/mol. The van der Waals surface area contributed by atoms with E-state index >= 15 is 0 Å². The maximum atomic E-state index is 11.4. The molecular formula is C16H27N3O6. The van der Waals surface area contributed by atoms with Crippen LogP contribution in [0.5, 0.6) is 0 Å². The number of hydrogen-bond donors (Lipinski definition) is 3. The second kappa shape index (κ2) is 15.2. The molecule has 0 unspecified atom stereocenters. The van der Waals surface area contributed by atoms with Crippen molar-refractivity contribution in [3.05, 3.63) is 24.8 Å². The van der Waals surface area contributed by atoms with Crippen molar-refractivity contribution >= 4 is 17.9 Å². The lowest BCUT2D eigenvalue weighted by atomic mass is 10.4. The van der Waals surface area contributed by atoms with Crippen LogP contribution in [0.1, 0.15) is 6.92 Å².